The number of cyclic esters (lactones) is 1. The predicted octanol–water partition coefficient (Wildman–Crippen LogP) is 2.39. The number of hydrogen-bond donors (Lipinski definition) is 1. The van der Waals surface area contributed by atoms with Crippen molar-refractivity contribution in [1.29, 1.82) is 0 Å². The summed E-state index contributed by atoms with van der Waals surface area (Å²) in [4.78, 5) is 30.0. The van der Waals surface area contributed by atoms with Gasteiger partial charge in [-0.3, -0.25) is 4.79 Å². The monoisotopic (exact) mass is 362 g/mol. The molecular weight excluding hydrogens is 344 g/mol. The Morgan fingerprint density at radius 2 is 2.07 bits per heavy atom. The van der Waals surface area contributed by atoms with Crippen molar-refractivity contribution in [3.63, 3.8) is 0 Å². The molecule has 2 aliphatic heterocycles. The van der Waals surface area contributed by atoms with Gasteiger partial charge in [0, 0.05) is 16.5 Å². The number of fused-ring (bicyclic) bond motifs is 5. The summed E-state index contributed by atoms with van der Waals surface area (Å²) in [7, 11) is 0. The lowest BCUT2D eigenvalue weighted by Crippen LogP contribution is -2.44. The largest absolute Gasteiger partial charge is 0.458 e. The molecule has 3 aromatic rings. The molecule has 0 spiro atoms. The fourth-order valence-corrected chi connectivity index (χ4v) is 4.11. The van der Waals surface area contributed by atoms with Crippen LogP contribution in [0.25, 0.3) is 22.3 Å². The van der Waals surface area contributed by atoms with Gasteiger partial charge in [0.1, 0.15) is 6.61 Å². The molecule has 5 rings (SSSR count). The molecule has 2 aliphatic rings. The van der Waals surface area contributed by atoms with Crippen molar-refractivity contribution in [2.75, 3.05) is 0 Å². The fourth-order valence-electron chi connectivity index (χ4n) is 4.11. The molecule has 27 heavy (non-hydrogen) atoms. The number of aliphatic hydroxyl groups is 1. The molecule has 0 amide bonds. The van der Waals surface area contributed by atoms with Gasteiger partial charge in [-0.2, -0.15) is 0 Å². The van der Waals surface area contributed by atoms with E-state index in [4.69, 9.17) is 9.72 Å². The molecule has 0 saturated heterocycles. The number of esters is 1. The molecule has 6 nitrogen and oxygen atoms in total. The second-order valence-corrected chi connectivity index (χ2v) is 7.30. The zero-order chi connectivity index (χ0) is 18.9. The van der Waals surface area contributed by atoms with E-state index in [1.54, 1.807) is 17.6 Å². The minimum atomic E-state index is -1.79. The summed E-state index contributed by atoms with van der Waals surface area (Å²) in [6.07, 6.45) is 0.138. The maximum absolute atomic E-state index is 13.1. The van der Waals surface area contributed by atoms with Gasteiger partial charge < -0.3 is 14.4 Å². The summed E-state index contributed by atoms with van der Waals surface area (Å²) < 4.78 is 6.74. The van der Waals surface area contributed by atoms with Crippen molar-refractivity contribution in [1.82, 2.24) is 9.55 Å². The summed E-state index contributed by atoms with van der Waals surface area (Å²) in [6.45, 7) is 4.04. The normalized spacial score (nSPS) is 20.2. The molecule has 2 aromatic heterocycles. The Morgan fingerprint density at radius 3 is 2.85 bits per heavy atom. The standard InChI is InChI=1S/C21H18N2O4/c1-3-21(26)15-8-17-18-13(7-12-6-11(2)4-5-16(12)22-18)9-23(17)19(24)14(15)10-27-20(21)25/h4-8,26H,3,9-10H2,1-2H3. The molecule has 1 atom stereocenters. The Kier molecular flexibility index (Phi) is 3.16. The van der Waals surface area contributed by atoms with E-state index in [0.29, 0.717) is 23.4 Å². The van der Waals surface area contributed by atoms with Crippen molar-refractivity contribution >= 4 is 16.9 Å². The van der Waals surface area contributed by atoms with E-state index in [9.17, 15) is 14.7 Å². The number of benzene rings is 1. The molecule has 136 valence electrons. The molecule has 0 fully saturated rings. The van der Waals surface area contributed by atoms with Crippen LogP contribution in [0.2, 0.25) is 0 Å². The van der Waals surface area contributed by atoms with Crippen LogP contribution in [0, 0.1) is 6.92 Å². The van der Waals surface area contributed by atoms with Crippen LogP contribution in [0.15, 0.2) is 35.1 Å². The van der Waals surface area contributed by atoms with Crippen LogP contribution in [0.4, 0.5) is 0 Å². The van der Waals surface area contributed by atoms with Crippen LogP contribution in [-0.2, 0) is 28.3 Å². The molecule has 0 radical (unpaired) electrons. The average molecular weight is 362 g/mol. The number of rotatable bonds is 1. The van der Waals surface area contributed by atoms with Crippen LogP contribution in [0.3, 0.4) is 0 Å². The Morgan fingerprint density at radius 1 is 1.26 bits per heavy atom. The minimum Gasteiger partial charge on any atom is -0.458 e. The van der Waals surface area contributed by atoms with E-state index in [0.717, 1.165) is 27.7 Å². The molecular formula is C21H18N2O4. The van der Waals surface area contributed by atoms with E-state index in [1.807, 2.05) is 19.1 Å². The third-order valence-electron chi connectivity index (χ3n) is 5.66. The van der Waals surface area contributed by atoms with E-state index in [1.165, 1.54) is 0 Å². The lowest BCUT2D eigenvalue weighted by atomic mass is 9.86. The van der Waals surface area contributed by atoms with E-state index >= 15 is 0 Å². The minimum absolute atomic E-state index is 0.111. The van der Waals surface area contributed by atoms with Crippen LogP contribution in [0.1, 0.15) is 35.6 Å². The molecule has 0 saturated carbocycles. The number of aromatic nitrogens is 2. The van der Waals surface area contributed by atoms with Gasteiger partial charge in [0.05, 0.1) is 29.0 Å². The van der Waals surface area contributed by atoms with Crippen molar-refractivity contribution in [2.45, 2.75) is 39.0 Å². The molecule has 1 aromatic carbocycles. The first-order valence-electron chi connectivity index (χ1n) is 9.00. The fraction of sp³-hybridized carbons (Fsp3) is 0.286. The van der Waals surface area contributed by atoms with Crippen LogP contribution >= 0.6 is 0 Å². The molecule has 1 N–H and O–H groups in total. The van der Waals surface area contributed by atoms with Crippen molar-refractivity contribution in [3.05, 3.63) is 62.9 Å². The number of aryl methyl sites for hydroxylation is 1. The maximum atomic E-state index is 13.1. The third kappa shape index (κ3) is 2.07. The highest BCUT2D eigenvalue weighted by molar-refractivity contribution is 5.86. The SMILES string of the molecule is CCC1(O)C(=O)OCc2c1cc1n(c2=O)Cc2cc3cc(C)ccc3nc2-1. The summed E-state index contributed by atoms with van der Waals surface area (Å²) >= 11 is 0. The molecule has 1 unspecified atom stereocenters. The Labute approximate surface area is 155 Å². The van der Waals surface area contributed by atoms with Crippen molar-refractivity contribution in [2.24, 2.45) is 0 Å². The molecule has 6 heteroatoms. The summed E-state index contributed by atoms with van der Waals surface area (Å²) in [6, 6.07) is 9.83. The predicted molar refractivity (Wildman–Crippen MR) is 99.3 cm³/mol. The Hall–Kier alpha value is -2.99. The van der Waals surface area contributed by atoms with Gasteiger partial charge in [-0.15, -0.1) is 0 Å². The molecule has 4 heterocycles. The lowest BCUT2D eigenvalue weighted by Gasteiger charge is -2.31. The highest BCUT2D eigenvalue weighted by atomic mass is 16.6. The van der Waals surface area contributed by atoms with Gasteiger partial charge in [-0.1, -0.05) is 18.6 Å². The Bertz CT molecular complexity index is 1210. The number of hydrogen-bond acceptors (Lipinski definition) is 5. The maximum Gasteiger partial charge on any atom is 0.343 e. The number of carbonyl (C=O) groups is 1. The van der Waals surface area contributed by atoms with Crippen LogP contribution in [0.5, 0.6) is 0 Å². The van der Waals surface area contributed by atoms with Gasteiger partial charge in [-0.05, 0) is 37.6 Å². The zero-order valence-corrected chi connectivity index (χ0v) is 15.1. The third-order valence-corrected chi connectivity index (χ3v) is 5.66. The zero-order valence-electron chi connectivity index (χ0n) is 15.1. The highest BCUT2D eigenvalue weighted by Crippen LogP contribution is 2.38. The average Bonchev–Trinajstić information content (AvgIpc) is 3.01. The van der Waals surface area contributed by atoms with Gasteiger partial charge in [0.25, 0.3) is 5.56 Å². The van der Waals surface area contributed by atoms with Gasteiger partial charge in [0.15, 0.2) is 5.60 Å². The number of carbonyl (C=O) groups excluding carboxylic acids is 1. The van der Waals surface area contributed by atoms with E-state index < -0.39 is 11.6 Å². The van der Waals surface area contributed by atoms with Crippen molar-refractivity contribution < 1.29 is 14.6 Å². The number of ether oxygens (including phenoxy) is 1. The smallest absolute Gasteiger partial charge is 0.343 e. The first kappa shape index (κ1) is 16.2. The first-order valence-corrected chi connectivity index (χ1v) is 9.00. The number of pyridine rings is 2. The molecule has 0 aliphatic carbocycles. The first-order chi connectivity index (χ1) is 12.9. The van der Waals surface area contributed by atoms with Gasteiger partial charge in [-0.25, -0.2) is 9.78 Å². The summed E-state index contributed by atoms with van der Waals surface area (Å²) in [5.41, 5.74) is 2.98. The topological polar surface area (TPSA) is 81.4 Å². The lowest BCUT2D eigenvalue weighted by molar-refractivity contribution is -0.172. The highest BCUT2D eigenvalue weighted by Gasteiger charge is 2.45. The van der Waals surface area contributed by atoms with E-state index in [2.05, 4.69) is 12.1 Å². The number of nitrogens with zero attached hydrogens (tertiary/aromatic N) is 2. The quantitative estimate of drug-likeness (QED) is 0.526. The Balaban J connectivity index is 1.80. The van der Waals surface area contributed by atoms with Gasteiger partial charge >= 0.3 is 5.97 Å². The van der Waals surface area contributed by atoms with Gasteiger partial charge in [0.2, 0.25) is 0 Å². The summed E-state index contributed by atoms with van der Waals surface area (Å²) in [5, 5.41) is 11.9. The second-order valence-electron chi connectivity index (χ2n) is 7.30. The second kappa shape index (κ2) is 5.27. The molecule has 0 bridgehead atoms. The van der Waals surface area contributed by atoms with Crippen LogP contribution in [-0.4, -0.2) is 20.6 Å². The van der Waals surface area contributed by atoms with Crippen molar-refractivity contribution in [3.8, 4) is 11.4 Å². The summed E-state index contributed by atoms with van der Waals surface area (Å²) in [5.74, 6) is -0.706. The van der Waals surface area contributed by atoms with Crippen LogP contribution < -0.4 is 5.56 Å². The van der Waals surface area contributed by atoms with E-state index in [-0.39, 0.29) is 18.6 Å².